The first-order valence-corrected chi connectivity index (χ1v) is 12.4. The third-order valence-corrected chi connectivity index (χ3v) is 7.24. The molecule has 188 valence electrons. The highest BCUT2D eigenvalue weighted by Gasteiger charge is 2.34. The SMILES string of the molecule is Cc1c(C(c2ccc(F)cc2)S(=O)(=O)NCCCO)c(=O)oc2cc(OC(=O)N(C)C)c(Cl)cc12. The van der Waals surface area contributed by atoms with E-state index in [0.717, 1.165) is 12.1 Å². The van der Waals surface area contributed by atoms with Gasteiger partial charge >= 0.3 is 11.7 Å². The van der Waals surface area contributed by atoms with Gasteiger partial charge in [-0.15, -0.1) is 0 Å². The summed E-state index contributed by atoms with van der Waals surface area (Å²) in [6, 6.07) is 7.40. The van der Waals surface area contributed by atoms with Gasteiger partial charge in [-0.2, -0.15) is 0 Å². The summed E-state index contributed by atoms with van der Waals surface area (Å²) in [5.74, 6) is -0.617. The zero-order chi connectivity index (χ0) is 25.9. The Bertz CT molecular complexity index is 1410. The number of aryl methyl sites for hydroxylation is 1. The number of aliphatic hydroxyl groups is 1. The van der Waals surface area contributed by atoms with Crippen LogP contribution in [0.2, 0.25) is 5.02 Å². The molecule has 0 spiro atoms. The van der Waals surface area contributed by atoms with E-state index in [1.54, 1.807) is 0 Å². The molecule has 0 aliphatic rings. The number of nitrogens with one attached hydrogen (secondary N) is 1. The van der Waals surface area contributed by atoms with Gasteiger partial charge in [-0.3, -0.25) is 0 Å². The number of halogens is 2. The standard InChI is InChI=1S/C23H24ClFN2O7S/c1-13-16-11-17(24)19(34-23(30)27(2)3)12-18(16)33-22(29)20(13)21(14-5-7-15(25)8-6-14)35(31,32)26-9-4-10-28/h5-8,11-12,21,26,28H,4,9-10H2,1-3H3. The van der Waals surface area contributed by atoms with Gasteiger partial charge < -0.3 is 19.2 Å². The lowest BCUT2D eigenvalue weighted by Gasteiger charge is -2.21. The fraction of sp³-hybridized carbons (Fsp3) is 0.304. The Morgan fingerprint density at radius 3 is 2.51 bits per heavy atom. The summed E-state index contributed by atoms with van der Waals surface area (Å²) in [7, 11) is -1.25. The van der Waals surface area contributed by atoms with Crippen LogP contribution in [0.5, 0.6) is 5.75 Å². The average molecular weight is 527 g/mol. The van der Waals surface area contributed by atoms with Gasteiger partial charge in [0.25, 0.3) is 0 Å². The summed E-state index contributed by atoms with van der Waals surface area (Å²) in [6.07, 6.45) is -0.538. The zero-order valence-corrected chi connectivity index (χ0v) is 20.7. The quantitative estimate of drug-likeness (QED) is 0.340. The Kier molecular flexibility index (Phi) is 8.16. The van der Waals surface area contributed by atoms with E-state index in [1.165, 1.54) is 50.2 Å². The number of aliphatic hydroxyl groups excluding tert-OH is 1. The number of hydrogen-bond acceptors (Lipinski definition) is 7. The first kappa shape index (κ1) is 26.6. The normalized spacial score (nSPS) is 12.5. The number of amides is 1. The predicted molar refractivity (Wildman–Crippen MR) is 129 cm³/mol. The molecule has 0 radical (unpaired) electrons. The molecule has 0 aliphatic carbocycles. The molecule has 12 heteroatoms. The Hall–Kier alpha value is -2.99. The second-order valence-corrected chi connectivity index (χ2v) is 10.2. The molecular weight excluding hydrogens is 503 g/mol. The Balaban J connectivity index is 2.22. The van der Waals surface area contributed by atoms with E-state index >= 15 is 0 Å². The van der Waals surface area contributed by atoms with Crippen molar-refractivity contribution >= 4 is 38.7 Å². The molecule has 1 amide bonds. The van der Waals surface area contributed by atoms with Crippen LogP contribution in [0.1, 0.15) is 28.4 Å². The summed E-state index contributed by atoms with van der Waals surface area (Å²) in [6.45, 7) is 1.23. The van der Waals surface area contributed by atoms with Gasteiger partial charge in [0.05, 0.1) is 10.6 Å². The van der Waals surface area contributed by atoms with E-state index in [-0.39, 0.29) is 52.6 Å². The molecule has 0 aliphatic heterocycles. The maximum Gasteiger partial charge on any atom is 0.414 e. The van der Waals surface area contributed by atoms with Gasteiger partial charge in [0.1, 0.15) is 16.7 Å². The fourth-order valence-electron chi connectivity index (χ4n) is 3.45. The minimum Gasteiger partial charge on any atom is -0.422 e. The number of benzene rings is 2. The molecule has 0 saturated carbocycles. The minimum atomic E-state index is -4.22. The van der Waals surface area contributed by atoms with E-state index in [1.807, 2.05) is 0 Å². The van der Waals surface area contributed by atoms with Crippen molar-refractivity contribution in [3.05, 3.63) is 74.3 Å². The highest BCUT2D eigenvalue weighted by Crippen LogP contribution is 2.36. The van der Waals surface area contributed by atoms with Gasteiger partial charge in [-0.05, 0) is 42.7 Å². The summed E-state index contributed by atoms with van der Waals surface area (Å²) in [4.78, 5) is 26.2. The smallest absolute Gasteiger partial charge is 0.414 e. The van der Waals surface area contributed by atoms with Crippen molar-refractivity contribution < 1.29 is 31.9 Å². The van der Waals surface area contributed by atoms with Crippen molar-refractivity contribution in [2.45, 2.75) is 18.6 Å². The summed E-state index contributed by atoms with van der Waals surface area (Å²) < 4.78 is 53.1. The number of carbonyl (C=O) groups excluding carboxylic acids is 1. The number of ether oxygens (including phenoxy) is 1. The van der Waals surface area contributed by atoms with Crippen LogP contribution in [0.4, 0.5) is 9.18 Å². The monoisotopic (exact) mass is 526 g/mol. The van der Waals surface area contributed by atoms with E-state index in [4.69, 9.17) is 25.9 Å². The van der Waals surface area contributed by atoms with Gasteiger partial charge in [-0.1, -0.05) is 23.7 Å². The average Bonchev–Trinajstić information content (AvgIpc) is 2.78. The summed E-state index contributed by atoms with van der Waals surface area (Å²) >= 11 is 6.29. The maximum atomic E-state index is 13.6. The number of nitrogens with zero attached hydrogens (tertiary/aromatic N) is 1. The Labute approximate surface area is 206 Å². The van der Waals surface area contributed by atoms with Crippen LogP contribution in [0.15, 0.2) is 45.6 Å². The molecule has 1 atom stereocenters. The van der Waals surface area contributed by atoms with Crippen LogP contribution >= 0.6 is 11.6 Å². The number of rotatable bonds is 8. The molecule has 0 saturated heterocycles. The minimum absolute atomic E-state index is 0.0331. The van der Waals surface area contributed by atoms with Crippen molar-refractivity contribution in [3.8, 4) is 5.75 Å². The lowest BCUT2D eigenvalue weighted by Crippen LogP contribution is -2.34. The lowest BCUT2D eigenvalue weighted by atomic mass is 9.99. The summed E-state index contributed by atoms with van der Waals surface area (Å²) in [5, 5.41) is 7.85. The van der Waals surface area contributed by atoms with Crippen molar-refractivity contribution in [2.24, 2.45) is 0 Å². The second kappa shape index (κ2) is 10.7. The van der Waals surface area contributed by atoms with E-state index in [0.29, 0.717) is 5.39 Å². The molecular formula is C23H24ClFN2O7S. The molecule has 0 bridgehead atoms. The van der Waals surface area contributed by atoms with Crippen molar-refractivity contribution in [1.29, 1.82) is 0 Å². The van der Waals surface area contributed by atoms with Crippen molar-refractivity contribution in [1.82, 2.24) is 9.62 Å². The third kappa shape index (κ3) is 5.81. The highest BCUT2D eigenvalue weighted by molar-refractivity contribution is 7.89. The number of fused-ring (bicyclic) bond motifs is 1. The first-order valence-electron chi connectivity index (χ1n) is 10.5. The van der Waals surface area contributed by atoms with Crippen LogP contribution < -0.4 is 15.1 Å². The van der Waals surface area contributed by atoms with Crippen molar-refractivity contribution in [2.75, 3.05) is 27.2 Å². The molecule has 35 heavy (non-hydrogen) atoms. The molecule has 9 nitrogen and oxygen atoms in total. The maximum absolute atomic E-state index is 13.6. The van der Waals surface area contributed by atoms with Crippen LogP contribution in [0.25, 0.3) is 11.0 Å². The van der Waals surface area contributed by atoms with Crippen LogP contribution in [0, 0.1) is 12.7 Å². The highest BCUT2D eigenvalue weighted by atomic mass is 35.5. The number of hydrogen-bond donors (Lipinski definition) is 2. The van der Waals surface area contributed by atoms with Crippen LogP contribution in [-0.2, 0) is 10.0 Å². The van der Waals surface area contributed by atoms with Crippen molar-refractivity contribution in [3.63, 3.8) is 0 Å². The Morgan fingerprint density at radius 2 is 1.91 bits per heavy atom. The largest absolute Gasteiger partial charge is 0.422 e. The van der Waals surface area contributed by atoms with Crippen LogP contribution in [-0.4, -0.2) is 51.8 Å². The number of carbonyl (C=O) groups is 1. The van der Waals surface area contributed by atoms with Gasteiger partial charge in [0.2, 0.25) is 10.0 Å². The molecule has 2 N–H and O–H groups in total. The molecule has 1 aromatic heterocycles. The lowest BCUT2D eigenvalue weighted by molar-refractivity contribution is 0.172. The van der Waals surface area contributed by atoms with Gasteiger partial charge in [0.15, 0.2) is 5.75 Å². The molecule has 1 heterocycles. The topological polar surface area (TPSA) is 126 Å². The van der Waals surface area contributed by atoms with E-state index in [2.05, 4.69) is 4.72 Å². The van der Waals surface area contributed by atoms with Crippen LogP contribution in [0.3, 0.4) is 0 Å². The number of sulfonamides is 1. The predicted octanol–water partition coefficient (Wildman–Crippen LogP) is 3.35. The second-order valence-electron chi connectivity index (χ2n) is 7.92. The first-order chi connectivity index (χ1) is 16.5. The molecule has 3 aromatic rings. The zero-order valence-electron chi connectivity index (χ0n) is 19.2. The third-order valence-electron chi connectivity index (χ3n) is 5.21. The van der Waals surface area contributed by atoms with Gasteiger partial charge in [-0.25, -0.2) is 27.1 Å². The summed E-state index contributed by atoms with van der Waals surface area (Å²) in [5.41, 5.74) is -0.685. The van der Waals surface area contributed by atoms with E-state index < -0.39 is 32.8 Å². The molecule has 3 rings (SSSR count). The Morgan fingerprint density at radius 1 is 1.26 bits per heavy atom. The molecule has 0 fully saturated rings. The molecule has 2 aromatic carbocycles. The molecule has 1 unspecified atom stereocenters. The van der Waals surface area contributed by atoms with Gasteiger partial charge in [0, 0.05) is 38.7 Å². The fourth-order valence-corrected chi connectivity index (χ4v) is 5.34. The van der Waals surface area contributed by atoms with E-state index in [9.17, 15) is 22.4 Å².